The van der Waals surface area contributed by atoms with Crippen molar-refractivity contribution in [1.29, 1.82) is 5.41 Å². The third-order valence-corrected chi connectivity index (χ3v) is 3.07. The Balaban J connectivity index is 2.38. The summed E-state index contributed by atoms with van der Waals surface area (Å²) in [7, 11) is 7.41. The molecule has 0 unspecified atom stereocenters. The first-order valence-electron chi connectivity index (χ1n) is 6.11. The third-order valence-electron chi connectivity index (χ3n) is 2.72. The summed E-state index contributed by atoms with van der Waals surface area (Å²) < 4.78 is 5.33. The molecule has 0 saturated carbocycles. The van der Waals surface area contributed by atoms with Gasteiger partial charge in [0, 0.05) is 28.2 Å². The van der Waals surface area contributed by atoms with Gasteiger partial charge >= 0.3 is 0 Å². The minimum absolute atomic E-state index is 0.0104. The number of hydrogen-bond acceptors (Lipinski definition) is 7. The maximum atomic E-state index is 7.85. The van der Waals surface area contributed by atoms with E-state index in [0.29, 0.717) is 30.3 Å². The van der Waals surface area contributed by atoms with Crippen LogP contribution in [0.1, 0.15) is 0 Å². The van der Waals surface area contributed by atoms with Crippen LogP contribution >= 0.6 is 11.6 Å². The number of aromatic nitrogens is 3. The Labute approximate surface area is 122 Å². The number of ether oxygens (including phenoxy) is 1. The molecule has 20 heavy (non-hydrogen) atoms. The summed E-state index contributed by atoms with van der Waals surface area (Å²) in [6.07, 6.45) is -0.216. The molecule has 0 amide bonds. The molecule has 2 heterocycles. The van der Waals surface area contributed by atoms with Crippen molar-refractivity contribution in [3.05, 3.63) is 0 Å². The van der Waals surface area contributed by atoms with Crippen LogP contribution in [0.15, 0.2) is 0 Å². The molecule has 1 N–H and O–H groups in total. The number of nitrogens with zero attached hydrogens (tertiary/aromatic N) is 6. The topological polar surface area (TPSA) is 81.5 Å². The second-order valence-corrected chi connectivity index (χ2v) is 5.14. The minimum atomic E-state index is -0.216. The van der Waals surface area contributed by atoms with Crippen LogP contribution in [0.4, 0.5) is 17.8 Å². The molecule has 1 aliphatic rings. The first kappa shape index (κ1) is 14.6. The van der Waals surface area contributed by atoms with Crippen molar-refractivity contribution in [1.82, 2.24) is 15.0 Å². The summed E-state index contributed by atoms with van der Waals surface area (Å²) >= 11 is 5.77. The molecule has 0 bridgehead atoms. The number of rotatable bonds is 4. The average Bonchev–Trinajstić information content (AvgIpc) is 2.79. The summed E-state index contributed by atoms with van der Waals surface area (Å²) in [5.74, 6) is 1.78. The lowest BCUT2D eigenvalue weighted by Gasteiger charge is -2.19. The van der Waals surface area contributed by atoms with E-state index in [1.54, 1.807) is 14.7 Å². The maximum absolute atomic E-state index is 7.85. The zero-order chi connectivity index (χ0) is 14.9. The fraction of sp³-hybridized carbons (Fsp3) is 0.636. The molecule has 0 radical (unpaired) electrons. The van der Waals surface area contributed by atoms with Crippen molar-refractivity contribution < 1.29 is 4.74 Å². The number of amidine groups is 1. The third kappa shape index (κ3) is 2.84. The van der Waals surface area contributed by atoms with E-state index in [2.05, 4.69) is 15.0 Å². The number of hydrogen-bond donors (Lipinski definition) is 1. The zero-order valence-corrected chi connectivity index (χ0v) is 12.7. The smallest absolute Gasteiger partial charge is 0.291 e. The fourth-order valence-corrected chi connectivity index (χ4v) is 1.82. The summed E-state index contributed by atoms with van der Waals surface area (Å²) in [4.78, 5) is 18.2. The van der Waals surface area contributed by atoms with Gasteiger partial charge in [-0.2, -0.15) is 15.0 Å². The Kier molecular flexibility index (Phi) is 4.12. The van der Waals surface area contributed by atoms with Gasteiger partial charge in [-0.15, -0.1) is 11.6 Å². The van der Waals surface area contributed by atoms with Crippen LogP contribution in [0.25, 0.3) is 0 Å². The van der Waals surface area contributed by atoms with Crippen LogP contribution in [-0.2, 0) is 4.74 Å². The Morgan fingerprint density at radius 2 is 1.75 bits per heavy atom. The van der Waals surface area contributed by atoms with Crippen molar-refractivity contribution in [2.75, 3.05) is 55.3 Å². The van der Waals surface area contributed by atoms with E-state index in [1.165, 1.54) is 0 Å². The average molecular weight is 300 g/mol. The summed E-state index contributed by atoms with van der Waals surface area (Å²) in [5, 5.41) is 7.85. The molecule has 110 valence electrons. The van der Waals surface area contributed by atoms with E-state index >= 15 is 0 Å². The van der Waals surface area contributed by atoms with Crippen molar-refractivity contribution in [3.63, 3.8) is 0 Å². The van der Waals surface area contributed by atoms with Gasteiger partial charge in [-0.25, -0.2) is 0 Å². The molecule has 0 spiro atoms. The largest absolute Gasteiger partial charge is 0.459 e. The first-order chi connectivity index (χ1) is 9.42. The molecule has 0 aliphatic carbocycles. The number of anilines is 3. The lowest BCUT2D eigenvalue weighted by atomic mass is 10.4. The molecule has 1 atom stereocenters. The molecule has 9 heteroatoms. The first-order valence-corrected chi connectivity index (χ1v) is 6.65. The predicted octanol–water partition coefficient (Wildman–Crippen LogP) is 0.382. The highest BCUT2D eigenvalue weighted by Gasteiger charge is 2.31. The van der Waals surface area contributed by atoms with Crippen molar-refractivity contribution in [3.8, 4) is 0 Å². The lowest BCUT2D eigenvalue weighted by molar-refractivity contribution is 0.253. The number of alkyl halides is 1. The molecule has 0 aromatic carbocycles. The normalized spacial score (nSPS) is 18.1. The Morgan fingerprint density at radius 3 is 2.15 bits per heavy atom. The van der Waals surface area contributed by atoms with Gasteiger partial charge in [-0.05, 0) is 0 Å². The van der Waals surface area contributed by atoms with Gasteiger partial charge in [0.05, 0.1) is 12.4 Å². The Hall–Kier alpha value is -1.83. The van der Waals surface area contributed by atoms with E-state index in [-0.39, 0.29) is 12.1 Å². The molecular formula is C11H18ClN7O. The van der Waals surface area contributed by atoms with Crippen molar-refractivity contribution in [2.45, 2.75) is 6.10 Å². The number of halogens is 1. The SMILES string of the molecule is CN(C)c1nc(N(C)C)nc(N2C[C@H](CCl)OC2=N)n1. The quantitative estimate of drug-likeness (QED) is 0.805. The summed E-state index contributed by atoms with van der Waals surface area (Å²) in [6, 6.07) is 0.0104. The molecule has 8 nitrogen and oxygen atoms in total. The number of nitrogens with one attached hydrogen (secondary N) is 1. The van der Waals surface area contributed by atoms with Crippen molar-refractivity contribution >= 4 is 35.5 Å². The minimum Gasteiger partial charge on any atom is -0.459 e. The van der Waals surface area contributed by atoms with Crippen LogP contribution < -0.4 is 14.7 Å². The van der Waals surface area contributed by atoms with Crippen molar-refractivity contribution in [2.24, 2.45) is 0 Å². The highest BCUT2D eigenvalue weighted by atomic mass is 35.5. The van der Waals surface area contributed by atoms with E-state index in [9.17, 15) is 0 Å². The van der Waals surface area contributed by atoms with Gasteiger partial charge < -0.3 is 14.5 Å². The summed E-state index contributed by atoms with van der Waals surface area (Å²) in [5.41, 5.74) is 0. The van der Waals surface area contributed by atoms with Gasteiger partial charge in [0.1, 0.15) is 6.10 Å². The van der Waals surface area contributed by atoms with E-state index < -0.39 is 0 Å². The summed E-state index contributed by atoms with van der Waals surface area (Å²) in [6.45, 7) is 0.464. The molecule has 1 aromatic rings. The van der Waals surface area contributed by atoms with Gasteiger partial charge in [0.15, 0.2) is 0 Å². The van der Waals surface area contributed by atoms with Crippen LogP contribution in [-0.4, -0.2) is 67.7 Å². The van der Waals surface area contributed by atoms with Crippen LogP contribution in [0.3, 0.4) is 0 Å². The van der Waals surface area contributed by atoms with Gasteiger partial charge in [0.25, 0.3) is 6.02 Å². The van der Waals surface area contributed by atoms with Crippen LogP contribution in [0.5, 0.6) is 0 Å². The standard InChI is InChI=1S/C11H18ClN7O/c1-17(2)9-14-10(18(3)4)16-11(15-9)19-6-7(5-12)20-8(19)13/h7,13H,5-6H2,1-4H3/t7-/m0/s1. The van der Waals surface area contributed by atoms with Gasteiger partial charge in [0.2, 0.25) is 17.8 Å². The lowest BCUT2D eigenvalue weighted by Crippen LogP contribution is -2.29. The molecule has 1 fully saturated rings. The zero-order valence-electron chi connectivity index (χ0n) is 12.0. The maximum Gasteiger partial charge on any atom is 0.291 e. The Morgan fingerprint density at radius 1 is 1.20 bits per heavy atom. The fourth-order valence-electron chi connectivity index (χ4n) is 1.66. The van der Waals surface area contributed by atoms with E-state index in [1.807, 2.05) is 28.2 Å². The van der Waals surface area contributed by atoms with E-state index in [0.717, 1.165) is 0 Å². The monoisotopic (exact) mass is 299 g/mol. The van der Waals surface area contributed by atoms with Gasteiger partial charge in [-0.1, -0.05) is 0 Å². The molecule has 1 aromatic heterocycles. The van der Waals surface area contributed by atoms with Crippen LogP contribution in [0.2, 0.25) is 0 Å². The molecule has 1 saturated heterocycles. The van der Waals surface area contributed by atoms with Gasteiger partial charge in [-0.3, -0.25) is 10.3 Å². The highest BCUT2D eigenvalue weighted by Crippen LogP contribution is 2.21. The highest BCUT2D eigenvalue weighted by molar-refractivity contribution is 6.18. The molecule has 1 aliphatic heterocycles. The second kappa shape index (κ2) is 5.66. The molecular weight excluding hydrogens is 282 g/mol. The second-order valence-electron chi connectivity index (χ2n) is 4.83. The predicted molar refractivity (Wildman–Crippen MR) is 79.1 cm³/mol. The van der Waals surface area contributed by atoms with Crippen LogP contribution in [0, 0.1) is 5.41 Å². The van der Waals surface area contributed by atoms with E-state index in [4.69, 9.17) is 21.7 Å². The molecule has 2 rings (SSSR count). The Bertz CT molecular complexity index is 481.